The molecule has 0 aromatic heterocycles. The van der Waals surface area contributed by atoms with Gasteiger partial charge in [0.25, 0.3) is 0 Å². The van der Waals surface area contributed by atoms with E-state index in [2.05, 4.69) is 13.0 Å². The van der Waals surface area contributed by atoms with E-state index in [1.807, 2.05) is 6.08 Å². The normalized spacial score (nSPS) is 13.7. The van der Waals surface area contributed by atoms with Crippen LogP contribution in [0.15, 0.2) is 12.2 Å². The molecule has 0 aliphatic heterocycles. The minimum atomic E-state index is -0.663. The highest BCUT2D eigenvalue weighted by molar-refractivity contribution is 7.84. The Hall–Kier alpha value is -0.110. The van der Waals surface area contributed by atoms with Crippen LogP contribution in [0.25, 0.3) is 0 Å². The Labute approximate surface area is 85.1 Å². The van der Waals surface area contributed by atoms with Crippen LogP contribution in [0, 0.1) is 0 Å². The molecule has 1 atom stereocenters. The summed E-state index contributed by atoms with van der Waals surface area (Å²) in [5, 5.41) is 0. The maximum atomic E-state index is 10.7. The van der Waals surface area contributed by atoms with Gasteiger partial charge in [-0.25, -0.2) is 0 Å². The maximum absolute atomic E-state index is 10.7. The largest absolute Gasteiger partial charge is 0.260 e. The molecule has 0 aromatic carbocycles. The van der Waals surface area contributed by atoms with Gasteiger partial charge < -0.3 is 0 Å². The molecular weight excluding hydrogens is 180 g/mol. The lowest BCUT2D eigenvalue weighted by Gasteiger charge is -1.95. The number of rotatable bonds is 8. The summed E-state index contributed by atoms with van der Waals surface area (Å²) in [4.78, 5) is 0. The van der Waals surface area contributed by atoms with E-state index in [9.17, 15) is 4.21 Å². The number of unbranched alkanes of at least 4 members (excludes halogenated alkanes) is 5. The van der Waals surface area contributed by atoms with Crippen LogP contribution in [0.1, 0.15) is 45.4 Å². The molecule has 1 nitrogen and oxygen atoms in total. The first kappa shape index (κ1) is 12.9. The van der Waals surface area contributed by atoms with E-state index >= 15 is 0 Å². The molecule has 0 aliphatic carbocycles. The Morgan fingerprint density at radius 2 is 1.77 bits per heavy atom. The predicted molar refractivity (Wildman–Crippen MR) is 61.4 cm³/mol. The van der Waals surface area contributed by atoms with Crippen LogP contribution in [-0.4, -0.2) is 16.2 Å². The Morgan fingerprint density at radius 1 is 1.08 bits per heavy atom. The number of allylic oxidation sites excluding steroid dienone is 1. The Morgan fingerprint density at radius 3 is 2.38 bits per heavy atom. The lowest BCUT2D eigenvalue weighted by atomic mass is 10.1. The zero-order valence-electron chi connectivity index (χ0n) is 8.92. The van der Waals surface area contributed by atoms with Gasteiger partial charge in [0.05, 0.1) is 0 Å². The molecule has 0 radical (unpaired) electrons. The average Bonchev–Trinajstić information content (AvgIpc) is 2.09. The van der Waals surface area contributed by atoms with Crippen LogP contribution in [0.3, 0.4) is 0 Å². The van der Waals surface area contributed by atoms with Crippen molar-refractivity contribution >= 4 is 10.8 Å². The van der Waals surface area contributed by atoms with Crippen LogP contribution in [-0.2, 0) is 10.8 Å². The lowest BCUT2D eigenvalue weighted by Crippen LogP contribution is -1.87. The van der Waals surface area contributed by atoms with Gasteiger partial charge in [0.2, 0.25) is 0 Å². The van der Waals surface area contributed by atoms with E-state index in [0.717, 1.165) is 12.2 Å². The zero-order chi connectivity index (χ0) is 9.94. The lowest BCUT2D eigenvalue weighted by molar-refractivity contribution is 0.637. The van der Waals surface area contributed by atoms with Gasteiger partial charge in [0.15, 0.2) is 0 Å². The van der Waals surface area contributed by atoms with Crippen molar-refractivity contribution in [2.24, 2.45) is 0 Å². The van der Waals surface area contributed by atoms with E-state index in [1.165, 1.54) is 32.1 Å². The summed E-state index contributed by atoms with van der Waals surface area (Å²) in [7, 11) is -0.663. The van der Waals surface area contributed by atoms with Gasteiger partial charge >= 0.3 is 0 Å². The van der Waals surface area contributed by atoms with Gasteiger partial charge in [-0.05, 0) is 12.8 Å². The van der Waals surface area contributed by atoms with Gasteiger partial charge in [-0.3, -0.25) is 4.21 Å². The fourth-order valence-electron chi connectivity index (χ4n) is 1.19. The molecule has 0 spiro atoms. The molecule has 0 aliphatic rings. The van der Waals surface area contributed by atoms with Gasteiger partial charge in [-0.1, -0.05) is 44.8 Å². The minimum absolute atomic E-state index is 0.663. The fourth-order valence-corrected chi connectivity index (χ4v) is 1.59. The summed E-state index contributed by atoms with van der Waals surface area (Å²) < 4.78 is 10.7. The molecule has 0 heterocycles. The molecule has 0 N–H and O–H groups in total. The van der Waals surface area contributed by atoms with Gasteiger partial charge in [0.1, 0.15) is 0 Å². The summed E-state index contributed by atoms with van der Waals surface area (Å²) in [6.07, 6.45) is 13.8. The summed E-state index contributed by atoms with van der Waals surface area (Å²) in [6.45, 7) is 2.23. The molecule has 2 heteroatoms. The second-order valence-corrected chi connectivity index (χ2v) is 4.89. The summed E-state index contributed by atoms with van der Waals surface area (Å²) in [6, 6.07) is 0. The van der Waals surface area contributed by atoms with Crippen LogP contribution >= 0.6 is 0 Å². The van der Waals surface area contributed by atoms with Crippen molar-refractivity contribution in [3.63, 3.8) is 0 Å². The third-order valence-electron chi connectivity index (χ3n) is 1.97. The van der Waals surface area contributed by atoms with Crippen molar-refractivity contribution in [3.05, 3.63) is 12.2 Å². The van der Waals surface area contributed by atoms with Crippen LogP contribution < -0.4 is 0 Å². The molecule has 78 valence electrons. The van der Waals surface area contributed by atoms with Crippen LogP contribution in [0.4, 0.5) is 0 Å². The number of hydrogen-bond donors (Lipinski definition) is 0. The quantitative estimate of drug-likeness (QED) is 0.436. The van der Waals surface area contributed by atoms with E-state index in [4.69, 9.17) is 0 Å². The first-order chi connectivity index (χ1) is 6.27. The molecule has 0 rings (SSSR count). The average molecular weight is 202 g/mol. The standard InChI is InChI=1S/C11H22OS/c1-3-4-5-6-7-8-9-10-11-13(2)12/h9-10H,3-8,11H2,1-2H3/b10-9+. The molecule has 0 fully saturated rings. The second kappa shape index (κ2) is 9.97. The summed E-state index contributed by atoms with van der Waals surface area (Å²) >= 11 is 0. The highest BCUT2D eigenvalue weighted by Crippen LogP contribution is 2.05. The van der Waals surface area contributed by atoms with Crippen molar-refractivity contribution in [2.75, 3.05) is 12.0 Å². The van der Waals surface area contributed by atoms with E-state index in [1.54, 1.807) is 6.26 Å². The smallest absolute Gasteiger partial charge is 0.0412 e. The molecule has 13 heavy (non-hydrogen) atoms. The Balaban J connectivity index is 3.06. The highest BCUT2D eigenvalue weighted by Gasteiger charge is 1.87. The molecular formula is C11H22OS. The van der Waals surface area contributed by atoms with Crippen LogP contribution in [0.2, 0.25) is 0 Å². The number of hydrogen-bond acceptors (Lipinski definition) is 1. The fraction of sp³-hybridized carbons (Fsp3) is 0.818. The predicted octanol–water partition coefficient (Wildman–Crippen LogP) is 3.28. The first-order valence-corrected chi connectivity index (χ1v) is 6.95. The minimum Gasteiger partial charge on any atom is -0.260 e. The highest BCUT2D eigenvalue weighted by atomic mass is 32.2. The van der Waals surface area contributed by atoms with Gasteiger partial charge in [-0.2, -0.15) is 0 Å². The molecule has 0 amide bonds. The Bertz CT molecular complexity index is 152. The van der Waals surface area contributed by atoms with Gasteiger partial charge in [-0.15, -0.1) is 0 Å². The molecule has 1 unspecified atom stereocenters. The SMILES string of the molecule is CCCCCCC/C=C/CS(C)=O. The third-order valence-corrected chi connectivity index (χ3v) is 2.63. The Kier molecular flexibility index (Phi) is 9.89. The molecule has 0 bridgehead atoms. The van der Waals surface area contributed by atoms with Gasteiger partial charge in [0, 0.05) is 22.8 Å². The van der Waals surface area contributed by atoms with E-state index < -0.39 is 10.8 Å². The zero-order valence-corrected chi connectivity index (χ0v) is 9.74. The van der Waals surface area contributed by atoms with Crippen molar-refractivity contribution in [2.45, 2.75) is 45.4 Å². The van der Waals surface area contributed by atoms with Crippen molar-refractivity contribution in [3.8, 4) is 0 Å². The summed E-state index contributed by atoms with van der Waals surface area (Å²) in [5.74, 6) is 0.717. The van der Waals surface area contributed by atoms with Crippen molar-refractivity contribution < 1.29 is 4.21 Å². The van der Waals surface area contributed by atoms with E-state index in [0.29, 0.717) is 0 Å². The maximum Gasteiger partial charge on any atom is 0.0412 e. The molecule has 0 aromatic rings. The second-order valence-electron chi connectivity index (χ2n) is 3.41. The first-order valence-electron chi connectivity index (χ1n) is 5.22. The van der Waals surface area contributed by atoms with Crippen molar-refractivity contribution in [1.82, 2.24) is 0 Å². The monoisotopic (exact) mass is 202 g/mol. The summed E-state index contributed by atoms with van der Waals surface area (Å²) in [5.41, 5.74) is 0. The molecule has 0 saturated heterocycles. The van der Waals surface area contributed by atoms with E-state index in [-0.39, 0.29) is 0 Å². The van der Waals surface area contributed by atoms with Crippen molar-refractivity contribution in [1.29, 1.82) is 0 Å². The third kappa shape index (κ3) is 11.9. The molecule has 0 saturated carbocycles. The van der Waals surface area contributed by atoms with Crippen LogP contribution in [0.5, 0.6) is 0 Å². The topological polar surface area (TPSA) is 17.1 Å².